The first kappa shape index (κ1) is 18.0. The lowest BCUT2D eigenvalue weighted by atomic mass is 9.95. The first-order valence-electron chi connectivity index (χ1n) is 9.21. The summed E-state index contributed by atoms with van der Waals surface area (Å²) in [6.07, 6.45) is 5.46. The number of phenolic OH excluding ortho intramolecular Hbond substituents is 1. The van der Waals surface area contributed by atoms with E-state index >= 15 is 0 Å². The molecule has 1 aromatic heterocycles. The molecule has 1 aliphatic heterocycles. The molecule has 4 rings (SSSR count). The number of anilines is 1. The lowest BCUT2D eigenvalue weighted by Crippen LogP contribution is -2.21. The predicted molar refractivity (Wildman–Crippen MR) is 105 cm³/mol. The van der Waals surface area contributed by atoms with Crippen molar-refractivity contribution >= 4 is 23.5 Å². The molecule has 1 atom stereocenters. The predicted octanol–water partition coefficient (Wildman–Crippen LogP) is 3.17. The van der Waals surface area contributed by atoms with Crippen LogP contribution in [0.1, 0.15) is 54.5 Å². The van der Waals surface area contributed by atoms with E-state index in [1.807, 2.05) is 4.68 Å². The van der Waals surface area contributed by atoms with Crippen molar-refractivity contribution in [2.75, 3.05) is 18.2 Å². The number of benzene rings is 1. The number of aromatic nitrogens is 2. The molecule has 3 N–H and O–H groups in total. The fraction of sp³-hybridized carbons (Fsp3) is 0.474. The number of phenols is 1. The van der Waals surface area contributed by atoms with Crippen LogP contribution in [0.4, 0.5) is 5.82 Å². The zero-order valence-electron chi connectivity index (χ0n) is 15.2. The van der Waals surface area contributed by atoms with Crippen molar-refractivity contribution < 1.29 is 14.6 Å². The average molecular weight is 389 g/mol. The van der Waals surface area contributed by atoms with E-state index in [4.69, 9.17) is 4.74 Å². The summed E-state index contributed by atoms with van der Waals surface area (Å²) in [5.41, 5.74) is 1.20. The van der Waals surface area contributed by atoms with Crippen LogP contribution >= 0.6 is 11.8 Å². The van der Waals surface area contributed by atoms with Crippen LogP contribution in [0, 0.1) is 0 Å². The van der Waals surface area contributed by atoms with Gasteiger partial charge in [0.15, 0.2) is 11.5 Å². The van der Waals surface area contributed by atoms with Crippen LogP contribution < -0.4 is 15.6 Å². The van der Waals surface area contributed by atoms with Crippen LogP contribution in [-0.2, 0) is 4.79 Å². The minimum Gasteiger partial charge on any atom is -0.504 e. The monoisotopic (exact) mass is 389 g/mol. The molecular formula is C19H23N3O4S. The molecule has 1 fully saturated rings. The van der Waals surface area contributed by atoms with Crippen molar-refractivity contribution in [3.63, 3.8) is 0 Å². The number of H-pyrrole nitrogens is 1. The molecule has 1 saturated carbocycles. The summed E-state index contributed by atoms with van der Waals surface area (Å²) in [6.45, 7) is 0. The number of aromatic amines is 1. The number of nitrogens with one attached hydrogen (secondary N) is 2. The molecular weight excluding hydrogens is 366 g/mol. The second-order valence-corrected chi connectivity index (χ2v) is 8.13. The smallest absolute Gasteiger partial charge is 0.270 e. The number of ether oxygens (including phenoxy) is 1. The van der Waals surface area contributed by atoms with E-state index in [1.54, 1.807) is 18.2 Å². The summed E-state index contributed by atoms with van der Waals surface area (Å²) in [5.74, 6) is 1.12. The Kier molecular flexibility index (Phi) is 4.90. The first-order chi connectivity index (χ1) is 13.1. The summed E-state index contributed by atoms with van der Waals surface area (Å²) in [6, 6.07) is 5.26. The standard InChI is InChI=1S/C19H23N3O4S/c1-26-14-9-11(7-8-13(14)23)17-16-18(20-15(24)10-27-17)22(21-19(16)25)12-5-3-2-4-6-12/h7-9,12,17,23H,2-6,10H2,1H3,(H,20,24)(H,21,25)/t17-/m1/s1. The van der Waals surface area contributed by atoms with Crippen LogP contribution in [0.5, 0.6) is 11.5 Å². The van der Waals surface area contributed by atoms with Crippen LogP contribution in [0.2, 0.25) is 0 Å². The highest BCUT2D eigenvalue weighted by atomic mass is 32.2. The first-order valence-corrected chi connectivity index (χ1v) is 10.3. The minimum absolute atomic E-state index is 0.0444. The number of methoxy groups -OCH3 is 1. The molecule has 0 unspecified atom stereocenters. The number of fused-ring (bicyclic) bond motifs is 1. The number of amides is 1. The Morgan fingerprint density at radius 2 is 2.00 bits per heavy atom. The molecule has 7 nitrogen and oxygen atoms in total. The zero-order chi connectivity index (χ0) is 19.0. The summed E-state index contributed by atoms with van der Waals surface area (Å²) in [4.78, 5) is 25.2. The Hall–Kier alpha value is -2.35. The molecule has 0 radical (unpaired) electrons. The maximum absolute atomic E-state index is 12.9. The summed E-state index contributed by atoms with van der Waals surface area (Å²) < 4.78 is 7.08. The number of carbonyl (C=O) groups is 1. The molecule has 1 amide bonds. The van der Waals surface area contributed by atoms with Gasteiger partial charge in [0.05, 0.1) is 29.7 Å². The van der Waals surface area contributed by atoms with E-state index < -0.39 is 0 Å². The number of carbonyl (C=O) groups excluding carboxylic acids is 1. The molecule has 27 heavy (non-hydrogen) atoms. The van der Waals surface area contributed by atoms with E-state index in [1.165, 1.54) is 25.3 Å². The Labute approximate surface area is 161 Å². The molecule has 0 spiro atoms. The zero-order valence-corrected chi connectivity index (χ0v) is 16.0. The van der Waals surface area contributed by atoms with Gasteiger partial charge in [-0.25, -0.2) is 0 Å². The van der Waals surface area contributed by atoms with Gasteiger partial charge in [-0.3, -0.25) is 19.4 Å². The third kappa shape index (κ3) is 3.34. The SMILES string of the molecule is COc1cc([C@H]2SCC(=O)Nc3c2c(=O)[nH]n3C2CCCCC2)ccc1O. The van der Waals surface area contributed by atoms with E-state index in [9.17, 15) is 14.7 Å². The molecule has 144 valence electrons. The van der Waals surface area contributed by atoms with Gasteiger partial charge in [-0.2, -0.15) is 0 Å². The Balaban J connectivity index is 1.81. The van der Waals surface area contributed by atoms with Gasteiger partial charge in [0.1, 0.15) is 5.82 Å². The fourth-order valence-corrected chi connectivity index (χ4v) is 5.09. The van der Waals surface area contributed by atoms with E-state index in [0.29, 0.717) is 17.1 Å². The number of hydrogen-bond donors (Lipinski definition) is 3. The molecule has 0 saturated heterocycles. The van der Waals surface area contributed by atoms with Crippen molar-refractivity contribution in [2.45, 2.75) is 43.4 Å². The van der Waals surface area contributed by atoms with Gasteiger partial charge in [0.25, 0.3) is 5.56 Å². The molecule has 8 heteroatoms. The van der Waals surface area contributed by atoms with Crippen molar-refractivity contribution in [1.82, 2.24) is 9.78 Å². The van der Waals surface area contributed by atoms with Crippen LogP contribution in [-0.4, -0.2) is 33.7 Å². The highest BCUT2D eigenvalue weighted by Gasteiger charge is 2.32. The summed E-state index contributed by atoms with van der Waals surface area (Å²) in [7, 11) is 1.49. The molecule has 2 aromatic rings. The van der Waals surface area contributed by atoms with E-state index in [-0.39, 0.29) is 34.3 Å². The molecule has 1 aliphatic carbocycles. The number of nitrogens with zero attached hydrogens (tertiary/aromatic N) is 1. The lowest BCUT2D eigenvalue weighted by Gasteiger charge is -2.24. The highest BCUT2D eigenvalue weighted by Crippen LogP contribution is 2.43. The van der Waals surface area contributed by atoms with Crippen molar-refractivity contribution in [2.24, 2.45) is 0 Å². The molecule has 2 aliphatic rings. The van der Waals surface area contributed by atoms with Crippen LogP contribution in [0.3, 0.4) is 0 Å². The quantitative estimate of drug-likeness (QED) is 0.749. The van der Waals surface area contributed by atoms with Crippen molar-refractivity contribution in [3.8, 4) is 11.5 Å². The van der Waals surface area contributed by atoms with Gasteiger partial charge < -0.3 is 15.2 Å². The Bertz CT molecular complexity index is 914. The lowest BCUT2D eigenvalue weighted by molar-refractivity contribution is -0.113. The molecule has 2 heterocycles. The van der Waals surface area contributed by atoms with E-state index in [2.05, 4.69) is 10.4 Å². The topological polar surface area (TPSA) is 96.4 Å². The second kappa shape index (κ2) is 7.34. The number of hydrogen-bond acceptors (Lipinski definition) is 5. The van der Waals surface area contributed by atoms with Gasteiger partial charge in [0, 0.05) is 0 Å². The van der Waals surface area contributed by atoms with Crippen LogP contribution in [0.25, 0.3) is 0 Å². The minimum atomic E-state index is -0.318. The average Bonchev–Trinajstić information content (AvgIpc) is 2.89. The van der Waals surface area contributed by atoms with Crippen LogP contribution in [0.15, 0.2) is 23.0 Å². The summed E-state index contributed by atoms with van der Waals surface area (Å²) in [5, 5.41) is 15.5. The largest absolute Gasteiger partial charge is 0.504 e. The van der Waals surface area contributed by atoms with Crippen molar-refractivity contribution in [3.05, 3.63) is 39.7 Å². The molecule has 1 aromatic carbocycles. The normalized spacial score (nSPS) is 20.6. The highest BCUT2D eigenvalue weighted by molar-refractivity contribution is 8.00. The van der Waals surface area contributed by atoms with Gasteiger partial charge >= 0.3 is 0 Å². The maximum atomic E-state index is 12.9. The third-order valence-corrected chi connectivity index (χ3v) is 6.58. The number of rotatable bonds is 3. The van der Waals surface area contributed by atoms with Gasteiger partial charge in [-0.15, -0.1) is 11.8 Å². The molecule has 0 bridgehead atoms. The van der Waals surface area contributed by atoms with Gasteiger partial charge in [-0.1, -0.05) is 25.3 Å². The maximum Gasteiger partial charge on any atom is 0.270 e. The van der Waals surface area contributed by atoms with Gasteiger partial charge in [-0.05, 0) is 30.5 Å². The number of thioether (sulfide) groups is 1. The second-order valence-electron chi connectivity index (χ2n) is 7.04. The third-order valence-electron chi connectivity index (χ3n) is 5.31. The Morgan fingerprint density at radius 1 is 1.22 bits per heavy atom. The summed E-state index contributed by atoms with van der Waals surface area (Å²) >= 11 is 1.40. The van der Waals surface area contributed by atoms with Gasteiger partial charge in [0.2, 0.25) is 5.91 Å². The van der Waals surface area contributed by atoms with Crippen molar-refractivity contribution in [1.29, 1.82) is 0 Å². The Morgan fingerprint density at radius 3 is 2.74 bits per heavy atom. The van der Waals surface area contributed by atoms with E-state index in [0.717, 1.165) is 31.2 Å². The number of aromatic hydroxyl groups is 1. The fourth-order valence-electron chi connectivity index (χ4n) is 3.98.